The lowest BCUT2D eigenvalue weighted by Crippen LogP contribution is -2.38. The van der Waals surface area contributed by atoms with Gasteiger partial charge in [0.05, 0.1) is 47.2 Å². The second-order valence-electron chi connectivity index (χ2n) is 15.4. The van der Waals surface area contributed by atoms with Crippen LogP contribution in [0.15, 0.2) is 71.9 Å². The molecule has 1 fully saturated rings. The molecule has 4 aromatic heterocycles. The van der Waals surface area contributed by atoms with Gasteiger partial charge < -0.3 is 14.6 Å². The molecule has 1 N–H and O–H groups in total. The molecule has 0 unspecified atom stereocenters. The maximum atomic E-state index is 16.3. The van der Waals surface area contributed by atoms with Crippen molar-refractivity contribution in [3.05, 3.63) is 123 Å². The molecule has 3 aromatic carbocycles. The number of rotatable bonds is 5. The molecule has 7 aromatic rings. The molecule has 0 radical (unpaired) electrons. The van der Waals surface area contributed by atoms with E-state index in [1.165, 1.54) is 49.1 Å². The van der Waals surface area contributed by atoms with Gasteiger partial charge in [-0.1, -0.05) is 6.07 Å². The zero-order valence-electron chi connectivity index (χ0n) is 31.0. The number of aromatic amines is 1. The Morgan fingerprint density at radius 3 is 2.53 bits per heavy atom. The quantitative estimate of drug-likeness (QED) is 0.197. The van der Waals surface area contributed by atoms with Crippen molar-refractivity contribution in [1.29, 1.82) is 0 Å². The number of ether oxygens (including phenoxy) is 1. The third-order valence-corrected chi connectivity index (χ3v) is 11.1. The minimum Gasteiger partial charge on any atom is -0.376 e. The Labute approximate surface area is 313 Å². The molecular weight excluding hydrogens is 709 g/mol. The first-order valence-corrected chi connectivity index (χ1v) is 18.3. The van der Waals surface area contributed by atoms with Gasteiger partial charge in [0.2, 0.25) is 0 Å². The predicted molar refractivity (Wildman–Crippen MR) is 201 cm³/mol. The molecule has 14 heteroatoms. The number of halogens is 3. The third kappa shape index (κ3) is 5.69. The van der Waals surface area contributed by atoms with Crippen LogP contribution in [0.1, 0.15) is 77.2 Å². The summed E-state index contributed by atoms with van der Waals surface area (Å²) >= 11 is 0. The van der Waals surface area contributed by atoms with E-state index in [2.05, 4.69) is 41.2 Å². The second-order valence-corrected chi connectivity index (χ2v) is 15.4. The molecule has 11 nitrogen and oxygen atoms in total. The van der Waals surface area contributed by atoms with Gasteiger partial charge in [-0.05, 0) is 106 Å². The highest BCUT2D eigenvalue weighted by Gasteiger charge is 2.37. The first kappa shape index (κ1) is 34.9. The van der Waals surface area contributed by atoms with Gasteiger partial charge in [0.15, 0.2) is 12.0 Å². The van der Waals surface area contributed by atoms with Gasteiger partial charge in [0.25, 0.3) is 5.91 Å². The van der Waals surface area contributed by atoms with Crippen LogP contribution in [-0.2, 0) is 18.3 Å². The fourth-order valence-corrected chi connectivity index (χ4v) is 8.32. The fourth-order valence-electron chi connectivity index (χ4n) is 8.32. The summed E-state index contributed by atoms with van der Waals surface area (Å²) < 4.78 is 58.3. The van der Waals surface area contributed by atoms with Crippen LogP contribution in [0.3, 0.4) is 0 Å². The number of H-pyrrole nitrogens is 1. The van der Waals surface area contributed by atoms with E-state index < -0.39 is 29.4 Å². The average Bonchev–Trinajstić information content (AvgIpc) is 3.94. The van der Waals surface area contributed by atoms with E-state index in [1.54, 1.807) is 45.2 Å². The minimum absolute atomic E-state index is 0.000303. The number of amides is 1. The zero-order chi connectivity index (χ0) is 38.5. The molecule has 2 aliphatic rings. The number of alkyl halides is 1. The van der Waals surface area contributed by atoms with Gasteiger partial charge in [-0.25, -0.2) is 22.6 Å². The maximum absolute atomic E-state index is 16.3. The smallest absolute Gasteiger partial charge is 0.338 e. The van der Waals surface area contributed by atoms with Crippen LogP contribution in [0.5, 0.6) is 0 Å². The second kappa shape index (κ2) is 12.6. The number of imidazole rings is 1. The fraction of sp³-hybridized carbons (Fsp3) is 0.317. The summed E-state index contributed by atoms with van der Waals surface area (Å²) in [6.45, 7) is 7.75. The summed E-state index contributed by atoms with van der Waals surface area (Å²) in [5.41, 5.74) is 3.38. The van der Waals surface area contributed by atoms with Crippen molar-refractivity contribution in [3.63, 3.8) is 0 Å². The van der Waals surface area contributed by atoms with E-state index in [0.29, 0.717) is 46.1 Å². The molecule has 282 valence electrons. The van der Waals surface area contributed by atoms with Crippen LogP contribution >= 0.6 is 0 Å². The Kier molecular flexibility index (Phi) is 7.97. The molecule has 0 bridgehead atoms. The number of aromatic nitrogens is 7. The van der Waals surface area contributed by atoms with Gasteiger partial charge in [-0.3, -0.25) is 18.6 Å². The van der Waals surface area contributed by atoms with Crippen LogP contribution < -0.4 is 5.69 Å². The van der Waals surface area contributed by atoms with Gasteiger partial charge in [0.1, 0.15) is 23.0 Å². The Morgan fingerprint density at radius 1 is 1.00 bits per heavy atom. The Morgan fingerprint density at radius 2 is 1.76 bits per heavy atom. The number of hydrogen-bond donors (Lipinski definition) is 1. The minimum atomic E-state index is -1.70. The van der Waals surface area contributed by atoms with E-state index in [-0.39, 0.29) is 41.3 Å². The lowest BCUT2D eigenvalue weighted by molar-refractivity contribution is -0.0592. The van der Waals surface area contributed by atoms with E-state index in [0.717, 1.165) is 28.3 Å². The first-order chi connectivity index (χ1) is 26.3. The van der Waals surface area contributed by atoms with Crippen LogP contribution in [0.25, 0.3) is 39.0 Å². The summed E-state index contributed by atoms with van der Waals surface area (Å²) in [5, 5.41) is 9.91. The summed E-state index contributed by atoms with van der Waals surface area (Å²) in [6.07, 6.45) is 4.37. The van der Waals surface area contributed by atoms with Crippen molar-refractivity contribution < 1.29 is 22.7 Å². The molecule has 0 spiro atoms. The largest absolute Gasteiger partial charge is 0.376 e. The van der Waals surface area contributed by atoms with Crippen molar-refractivity contribution in [1.82, 2.24) is 38.6 Å². The Hall–Kier alpha value is -5.89. The molecule has 0 aliphatic carbocycles. The number of fused-ring (bicyclic) bond motifs is 3. The zero-order valence-corrected chi connectivity index (χ0v) is 31.0. The summed E-state index contributed by atoms with van der Waals surface area (Å²) in [5.74, 6) is -0.955. The number of hydrogen-bond acceptors (Lipinski definition) is 5. The molecule has 1 saturated heterocycles. The van der Waals surface area contributed by atoms with E-state index >= 15 is 8.78 Å². The summed E-state index contributed by atoms with van der Waals surface area (Å²) in [4.78, 5) is 33.1. The van der Waals surface area contributed by atoms with Crippen molar-refractivity contribution in [3.8, 4) is 17.2 Å². The maximum Gasteiger partial charge on any atom is 0.338 e. The first-order valence-electron chi connectivity index (χ1n) is 18.3. The Balaban J connectivity index is 1.12. The highest BCUT2D eigenvalue weighted by Crippen LogP contribution is 2.38. The van der Waals surface area contributed by atoms with Gasteiger partial charge in [-0.15, -0.1) is 0 Å². The standard InChI is InChI=1S/C41H39F3N8O3/c1-22-14-27(15-23(2)35(22)43)52-38(51-12-11-50(40(51)54)34-9-8-33-28(36(34)44)19-45-48(33)5)29-20-49(21-30(42)37(29)47-52)39(53)32-17-26-16-24(6-7-31(26)46-32)25-10-13-55-41(3,4)18-25/h6-9,11-12,14-17,19,25,30,46H,10,13,18,20-21H2,1-5H3/t25-,30-/m0/s1. The van der Waals surface area contributed by atoms with Gasteiger partial charge >= 0.3 is 5.69 Å². The summed E-state index contributed by atoms with van der Waals surface area (Å²) in [6, 6.07) is 14.2. The predicted octanol–water partition coefficient (Wildman–Crippen LogP) is 7.42. The van der Waals surface area contributed by atoms with Crippen LogP contribution in [0.2, 0.25) is 0 Å². The monoisotopic (exact) mass is 748 g/mol. The number of carbonyl (C=O) groups excluding carboxylic acids is 1. The van der Waals surface area contributed by atoms with E-state index in [1.807, 2.05) is 6.07 Å². The van der Waals surface area contributed by atoms with Crippen molar-refractivity contribution in [2.24, 2.45) is 7.05 Å². The Bertz CT molecular complexity index is 2730. The number of nitrogens with zero attached hydrogens (tertiary/aromatic N) is 7. The molecule has 1 amide bonds. The molecule has 2 atom stereocenters. The van der Waals surface area contributed by atoms with Crippen molar-refractivity contribution in [2.75, 3.05) is 13.2 Å². The van der Waals surface area contributed by atoms with E-state index in [4.69, 9.17) is 4.74 Å². The van der Waals surface area contributed by atoms with E-state index in [9.17, 15) is 14.0 Å². The lowest BCUT2D eigenvalue weighted by Gasteiger charge is -2.35. The van der Waals surface area contributed by atoms with Crippen molar-refractivity contribution in [2.45, 2.75) is 64.8 Å². The van der Waals surface area contributed by atoms with Crippen LogP contribution in [0, 0.1) is 25.5 Å². The SMILES string of the molecule is Cc1cc(-n2nc3c(c2-n2ccn(-c4ccc5c(cnn5C)c4F)c2=O)CN(C(=O)c2cc4cc([C@H]5CCOC(C)(C)C5)ccc4[nH]2)C[C@@H]3F)cc(C)c1F. The number of aryl methyl sites for hydroxylation is 3. The highest BCUT2D eigenvalue weighted by atomic mass is 19.1. The molecule has 55 heavy (non-hydrogen) atoms. The number of nitrogens with one attached hydrogen (secondary N) is 1. The number of benzene rings is 3. The van der Waals surface area contributed by atoms with Crippen LogP contribution in [-0.4, -0.2) is 63.2 Å². The average molecular weight is 749 g/mol. The third-order valence-electron chi connectivity index (χ3n) is 11.1. The van der Waals surface area contributed by atoms with Gasteiger partial charge in [0, 0.05) is 42.5 Å². The molecular formula is C41H39F3N8O3. The molecule has 6 heterocycles. The van der Waals surface area contributed by atoms with Crippen molar-refractivity contribution >= 4 is 27.7 Å². The van der Waals surface area contributed by atoms with Crippen LogP contribution in [0.4, 0.5) is 13.2 Å². The topological polar surface area (TPSA) is 108 Å². The molecule has 0 saturated carbocycles. The lowest BCUT2D eigenvalue weighted by atomic mass is 9.83. The number of carbonyl (C=O) groups is 1. The molecule has 2 aliphatic heterocycles. The normalized spacial score (nSPS) is 18.4. The van der Waals surface area contributed by atoms with Gasteiger partial charge in [-0.2, -0.15) is 10.2 Å². The summed E-state index contributed by atoms with van der Waals surface area (Å²) in [7, 11) is 1.70. The molecule has 9 rings (SSSR count). The highest BCUT2D eigenvalue weighted by molar-refractivity contribution is 5.98.